The molecular weight excluding hydrogens is 220 g/mol. The molecule has 0 atom stereocenters. The molecule has 17 heavy (non-hydrogen) atoms. The molecule has 0 aliphatic carbocycles. The number of aliphatic hydroxyl groups excluding tert-OH is 1. The molecule has 1 N–H and O–H groups in total. The Bertz CT molecular complexity index is 381. The van der Waals surface area contributed by atoms with Crippen LogP contribution in [0.3, 0.4) is 0 Å². The number of benzene rings is 1. The van der Waals surface area contributed by atoms with E-state index in [1.54, 1.807) is 31.2 Å². The van der Waals surface area contributed by atoms with Gasteiger partial charge in [-0.15, -0.1) is 0 Å². The predicted molar refractivity (Wildman–Crippen MR) is 63.6 cm³/mol. The number of carbonyl (C=O) groups excluding carboxylic acids is 1. The van der Waals surface area contributed by atoms with Crippen LogP contribution in [0.5, 0.6) is 5.75 Å². The largest absolute Gasteiger partial charge is 0.491 e. The minimum atomic E-state index is -0.398. The van der Waals surface area contributed by atoms with Crippen LogP contribution < -0.4 is 4.74 Å². The van der Waals surface area contributed by atoms with Crippen molar-refractivity contribution in [2.24, 2.45) is 0 Å². The molecule has 4 heteroatoms. The average molecular weight is 236 g/mol. The third kappa shape index (κ3) is 4.70. The van der Waals surface area contributed by atoms with Crippen LogP contribution in [0.25, 0.3) is 0 Å². The van der Waals surface area contributed by atoms with E-state index >= 15 is 0 Å². The second kappa shape index (κ2) is 6.70. The van der Waals surface area contributed by atoms with Crippen molar-refractivity contribution in [1.29, 1.82) is 0 Å². The van der Waals surface area contributed by atoms with Crippen molar-refractivity contribution in [3.05, 3.63) is 42.0 Å². The average Bonchev–Trinajstić information content (AvgIpc) is 2.34. The number of carbonyl (C=O) groups is 1. The van der Waals surface area contributed by atoms with Gasteiger partial charge in [0.25, 0.3) is 0 Å². The number of aliphatic hydroxyl groups is 1. The molecule has 0 saturated heterocycles. The summed E-state index contributed by atoms with van der Waals surface area (Å²) in [5.74, 6) is 0.277. The summed E-state index contributed by atoms with van der Waals surface area (Å²) in [7, 11) is 0. The van der Waals surface area contributed by atoms with Crippen LogP contribution in [0.1, 0.15) is 12.5 Å². The summed E-state index contributed by atoms with van der Waals surface area (Å²) < 4.78 is 10.2. The minimum Gasteiger partial charge on any atom is -0.491 e. The highest BCUT2D eigenvalue weighted by Crippen LogP contribution is 2.13. The van der Waals surface area contributed by atoms with Gasteiger partial charge >= 0.3 is 5.97 Å². The van der Waals surface area contributed by atoms with E-state index in [2.05, 4.69) is 6.58 Å². The molecule has 0 aliphatic rings. The molecule has 0 heterocycles. The van der Waals surface area contributed by atoms with Crippen LogP contribution in [0, 0.1) is 0 Å². The molecule has 4 nitrogen and oxygen atoms in total. The molecule has 0 saturated carbocycles. The SMILES string of the molecule is C=C(C)C(=O)OCc1ccc(OCCO)cc1. The van der Waals surface area contributed by atoms with E-state index in [9.17, 15) is 4.79 Å². The monoisotopic (exact) mass is 236 g/mol. The van der Waals surface area contributed by atoms with Gasteiger partial charge in [-0.3, -0.25) is 0 Å². The lowest BCUT2D eigenvalue weighted by molar-refractivity contribution is -0.140. The van der Waals surface area contributed by atoms with E-state index < -0.39 is 5.97 Å². The quantitative estimate of drug-likeness (QED) is 0.603. The van der Waals surface area contributed by atoms with Crippen LogP contribution in [0.2, 0.25) is 0 Å². The predicted octanol–water partition coefficient (Wildman–Crippen LogP) is 1.68. The Morgan fingerprint density at radius 2 is 2.00 bits per heavy atom. The Morgan fingerprint density at radius 1 is 1.35 bits per heavy atom. The van der Waals surface area contributed by atoms with Crippen molar-refractivity contribution in [3.63, 3.8) is 0 Å². The summed E-state index contributed by atoms with van der Waals surface area (Å²) in [6, 6.07) is 7.13. The van der Waals surface area contributed by atoms with Crippen molar-refractivity contribution in [1.82, 2.24) is 0 Å². The highest BCUT2D eigenvalue weighted by Gasteiger charge is 2.03. The van der Waals surface area contributed by atoms with Crippen molar-refractivity contribution in [2.45, 2.75) is 13.5 Å². The smallest absolute Gasteiger partial charge is 0.333 e. The van der Waals surface area contributed by atoms with Gasteiger partial charge in [0.2, 0.25) is 0 Å². The Balaban J connectivity index is 2.45. The van der Waals surface area contributed by atoms with Crippen LogP contribution in [-0.2, 0) is 16.1 Å². The fourth-order valence-corrected chi connectivity index (χ4v) is 1.12. The summed E-state index contributed by atoms with van der Waals surface area (Å²) in [5.41, 5.74) is 1.25. The Morgan fingerprint density at radius 3 is 2.53 bits per heavy atom. The highest BCUT2D eigenvalue weighted by molar-refractivity contribution is 5.86. The van der Waals surface area contributed by atoms with Gasteiger partial charge in [-0.05, 0) is 24.6 Å². The topological polar surface area (TPSA) is 55.8 Å². The summed E-state index contributed by atoms with van der Waals surface area (Å²) >= 11 is 0. The van der Waals surface area contributed by atoms with Crippen molar-refractivity contribution in [3.8, 4) is 5.75 Å². The first-order valence-electron chi connectivity index (χ1n) is 5.28. The van der Waals surface area contributed by atoms with Gasteiger partial charge < -0.3 is 14.6 Å². The Hall–Kier alpha value is -1.81. The molecule has 1 aromatic carbocycles. The second-order valence-corrected chi connectivity index (χ2v) is 3.57. The molecule has 0 spiro atoms. The molecule has 0 unspecified atom stereocenters. The van der Waals surface area contributed by atoms with E-state index in [1.807, 2.05) is 0 Å². The molecule has 0 bridgehead atoms. The van der Waals surface area contributed by atoms with Gasteiger partial charge in [0.1, 0.15) is 19.0 Å². The maximum Gasteiger partial charge on any atom is 0.333 e. The third-order valence-corrected chi connectivity index (χ3v) is 2.00. The zero-order valence-electron chi connectivity index (χ0n) is 9.81. The van der Waals surface area contributed by atoms with E-state index in [0.717, 1.165) is 5.56 Å². The van der Waals surface area contributed by atoms with Crippen LogP contribution in [-0.4, -0.2) is 24.3 Å². The first-order chi connectivity index (χ1) is 8.13. The number of hydrogen-bond donors (Lipinski definition) is 1. The fraction of sp³-hybridized carbons (Fsp3) is 0.308. The summed E-state index contributed by atoms with van der Waals surface area (Å²) in [4.78, 5) is 11.2. The fourth-order valence-electron chi connectivity index (χ4n) is 1.12. The normalized spacial score (nSPS) is 9.76. The van der Waals surface area contributed by atoms with Gasteiger partial charge in [-0.2, -0.15) is 0 Å². The third-order valence-electron chi connectivity index (χ3n) is 2.00. The van der Waals surface area contributed by atoms with E-state index in [0.29, 0.717) is 11.3 Å². The van der Waals surface area contributed by atoms with Gasteiger partial charge in [0.15, 0.2) is 0 Å². The zero-order valence-corrected chi connectivity index (χ0v) is 9.81. The minimum absolute atomic E-state index is 0.0159. The standard InChI is InChI=1S/C13H16O4/c1-10(2)13(15)17-9-11-3-5-12(6-4-11)16-8-7-14/h3-6,14H,1,7-9H2,2H3. The second-order valence-electron chi connectivity index (χ2n) is 3.57. The van der Waals surface area contributed by atoms with E-state index in [4.69, 9.17) is 14.6 Å². The van der Waals surface area contributed by atoms with Gasteiger partial charge in [0.05, 0.1) is 6.61 Å². The molecule has 0 aromatic heterocycles. The van der Waals surface area contributed by atoms with Crippen LogP contribution >= 0.6 is 0 Å². The van der Waals surface area contributed by atoms with Crippen molar-refractivity contribution in [2.75, 3.05) is 13.2 Å². The van der Waals surface area contributed by atoms with Crippen LogP contribution in [0.4, 0.5) is 0 Å². The number of esters is 1. The first kappa shape index (κ1) is 13.3. The van der Waals surface area contributed by atoms with Crippen LogP contribution in [0.15, 0.2) is 36.4 Å². The molecule has 0 radical (unpaired) electrons. The van der Waals surface area contributed by atoms with Crippen molar-refractivity contribution < 1.29 is 19.4 Å². The lowest BCUT2D eigenvalue weighted by atomic mass is 10.2. The number of hydrogen-bond acceptors (Lipinski definition) is 4. The lowest BCUT2D eigenvalue weighted by Gasteiger charge is -2.06. The maximum atomic E-state index is 11.2. The summed E-state index contributed by atoms with van der Waals surface area (Å²) in [5, 5.41) is 8.59. The Labute approximate surface area is 100 Å². The molecular formula is C13H16O4. The number of rotatable bonds is 6. The molecule has 0 aliphatic heterocycles. The maximum absolute atomic E-state index is 11.2. The summed E-state index contributed by atoms with van der Waals surface area (Å²) in [6.07, 6.45) is 0. The molecule has 0 amide bonds. The molecule has 1 rings (SSSR count). The van der Waals surface area contributed by atoms with Gasteiger partial charge in [0, 0.05) is 5.57 Å². The lowest BCUT2D eigenvalue weighted by Crippen LogP contribution is -2.05. The molecule has 92 valence electrons. The Kier molecular flexibility index (Phi) is 5.23. The molecule has 1 aromatic rings. The van der Waals surface area contributed by atoms with E-state index in [1.165, 1.54) is 0 Å². The first-order valence-corrected chi connectivity index (χ1v) is 5.28. The van der Waals surface area contributed by atoms with E-state index in [-0.39, 0.29) is 19.8 Å². The van der Waals surface area contributed by atoms with Gasteiger partial charge in [-0.25, -0.2) is 4.79 Å². The summed E-state index contributed by atoms with van der Waals surface area (Å²) in [6.45, 7) is 5.57. The zero-order chi connectivity index (χ0) is 12.7. The molecule has 0 fully saturated rings. The van der Waals surface area contributed by atoms with Crippen molar-refractivity contribution >= 4 is 5.97 Å². The van der Waals surface area contributed by atoms with Gasteiger partial charge in [-0.1, -0.05) is 18.7 Å². The highest BCUT2D eigenvalue weighted by atomic mass is 16.5. The number of ether oxygens (including phenoxy) is 2.